The first-order chi connectivity index (χ1) is 13.5. The fourth-order valence-electron chi connectivity index (χ4n) is 3.65. The molecule has 1 aliphatic heterocycles. The molecule has 4 rings (SSSR count). The predicted octanol–water partition coefficient (Wildman–Crippen LogP) is 4.51. The maximum atomic E-state index is 11.0. The van der Waals surface area contributed by atoms with E-state index in [1.165, 1.54) is 0 Å². The van der Waals surface area contributed by atoms with Gasteiger partial charge in [0.2, 0.25) is 0 Å². The second kappa shape index (κ2) is 7.44. The summed E-state index contributed by atoms with van der Waals surface area (Å²) in [6.07, 6.45) is 2.06. The van der Waals surface area contributed by atoms with Gasteiger partial charge in [-0.1, -0.05) is 12.1 Å². The molecule has 6 nitrogen and oxygen atoms in total. The highest BCUT2D eigenvalue weighted by Crippen LogP contribution is 2.33. The lowest BCUT2D eigenvalue weighted by Crippen LogP contribution is -2.44. The topological polar surface area (TPSA) is 63.3 Å². The van der Waals surface area contributed by atoms with E-state index < -0.39 is 0 Å². The number of hydrogen-bond donors (Lipinski definition) is 1. The highest BCUT2D eigenvalue weighted by atomic mass is 32.1. The van der Waals surface area contributed by atoms with Gasteiger partial charge in [-0.15, -0.1) is 0 Å². The van der Waals surface area contributed by atoms with E-state index in [-0.39, 0.29) is 16.7 Å². The van der Waals surface area contributed by atoms with Crippen molar-refractivity contribution in [3.05, 3.63) is 93.8 Å². The lowest BCUT2D eigenvalue weighted by molar-refractivity contribution is -0.384. The zero-order valence-electron chi connectivity index (χ0n) is 15.4. The Balaban J connectivity index is 1.67. The maximum absolute atomic E-state index is 11.0. The average molecular weight is 392 g/mol. The van der Waals surface area contributed by atoms with Crippen molar-refractivity contribution >= 4 is 28.7 Å². The third-order valence-electron chi connectivity index (χ3n) is 4.99. The summed E-state index contributed by atoms with van der Waals surface area (Å²) in [5, 5.41) is 15.0. The summed E-state index contributed by atoms with van der Waals surface area (Å²) in [6.45, 7) is 3.63. The summed E-state index contributed by atoms with van der Waals surface area (Å²) >= 11 is 5.74. The second-order valence-corrected chi connectivity index (χ2v) is 7.26. The van der Waals surface area contributed by atoms with Crippen LogP contribution in [-0.4, -0.2) is 26.0 Å². The van der Waals surface area contributed by atoms with E-state index in [9.17, 15) is 10.1 Å². The van der Waals surface area contributed by atoms with Crippen LogP contribution in [0.2, 0.25) is 0 Å². The van der Waals surface area contributed by atoms with Gasteiger partial charge < -0.3 is 14.8 Å². The molecule has 142 valence electrons. The summed E-state index contributed by atoms with van der Waals surface area (Å²) in [6, 6.07) is 18.8. The Morgan fingerprint density at radius 1 is 1.14 bits per heavy atom. The number of non-ortho nitro benzene ring substituents is 1. The zero-order valence-corrected chi connectivity index (χ0v) is 16.2. The molecule has 7 heteroatoms. The summed E-state index contributed by atoms with van der Waals surface area (Å²) in [7, 11) is 0. The number of aromatic nitrogens is 1. The third kappa shape index (κ3) is 3.48. The van der Waals surface area contributed by atoms with Crippen LogP contribution < -0.4 is 5.32 Å². The van der Waals surface area contributed by atoms with Crippen LogP contribution in [0.4, 0.5) is 11.4 Å². The minimum Gasteiger partial charge on any atom is -0.348 e. The van der Waals surface area contributed by atoms with Crippen LogP contribution in [0.1, 0.15) is 22.9 Å². The summed E-state index contributed by atoms with van der Waals surface area (Å²) in [5.74, 6) is 0. The standard InChI is InChI=1S/C21H20N4O2S/c1-15-4-2-5-17(14-15)22-21(28)24-13-12-23-11-3-6-19(23)20(24)16-7-9-18(10-8-16)25(26)27/h2-11,14,20H,12-13H2,1H3,(H,22,28). The van der Waals surface area contributed by atoms with Crippen molar-refractivity contribution in [1.82, 2.24) is 9.47 Å². The Bertz CT molecular complexity index is 1030. The molecule has 0 bridgehead atoms. The molecule has 0 amide bonds. The van der Waals surface area contributed by atoms with E-state index in [1.807, 2.05) is 43.3 Å². The molecule has 28 heavy (non-hydrogen) atoms. The number of fused-ring (bicyclic) bond motifs is 1. The number of nitrogens with one attached hydrogen (secondary N) is 1. The van der Waals surface area contributed by atoms with Gasteiger partial charge in [0.25, 0.3) is 5.69 Å². The Kier molecular flexibility index (Phi) is 4.83. The van der Waals surface area contributed by atoms with Crippen molar-refractivity contribution in [3.8, 4) is 0 Å². The molecule has 0 radical (unpaired) electrons. The van der Waals surface area contributed by atoms with E-state index in [0.717, 1.165) is 35.6 Å². The average Bonchev–Trinajstić information content (AvgIpc) is 3.16. The van der Waals surface area contributed by atoms with Gasteiger partial charge in [0.1, 0.15) is 0 Å². The number of aryl methyl sites for hydroxylation is 1. The van der Waals surface area contributed by atoms with Crippen molar-refractivity contribution < 1.29 is 4.92 Å². The van der Waals surface area contributed by atoms with E-state index in [0.29, 0.717) is 5.11 Å². The summed E-state index contributed by atoms with van der Waals surface area (Å²) in [5.41, 5.74) is 4.29. The Morgan fingerprint density at radius 2 is 1.93 bits per heavy atom. The SMILES string of the molecule is Cc1cccc(NC(=S)N2CCn3cccc3C2c2ccc([N+](=O)[O-])cc2)c1. The molecule has 0 saturated heterocycles. The van der Waals surface area contributed by atoms with Crippen LogP contribution in [0, 0.1) is 17.0 Å². The molecular formula is C21H20N4O2S. The fourth-order valence-corrected chi connectivity index (χ4v) is 3.96. The molecule has 1 aliphatic rings. The fraction of sp³-hybridized carbons (Fsp3) is 0.190. The highest BCUT2D eigenvalue weighted by molar-refractivity contribution is 7.80. The van der Waals surface area contributed by atoms with Crippen LogP contribution >= 0.6 is 12.2 Å². The Labute approximate surface area is 168 Å². The first-order valence-corrected chi connectivity index (χ1v) is 9.47. The second-order valence-electron chi connectivity index (χ2n) is 6.87. The van der Waals surface area contributed by atoms with E-state index in [1.54, 1.807) is 12.1 Å². The minimum atomic E-state index is -0.380. The van der Waals surface area contributed by atoms with Crippen molar-refractivity contribution in [2.45, 2.75) is 19.5 Å². The quantitative estimate of drug-likeness (QED) is 0.404. The van der Waals surface area contributed by atoms with Gasteiger partial charge in [0, 0.05) is 42.8 Å². The van der Waals surface area contributed by atoms with Crippen LogP contribution in [0.15, 0.2) is 66.9 Å². The molecule has 0 aliphatic carbocycles. The van der Waals surface area contributed by atoms with Gasteiger partial charge in [0.15, 0.2) is 5.11 Å². The van der Waals surface area contributed by atoms with Gasteiger partial charge in [-0.25, -0.2) is 0 Å². The Morgan fingerprint density at radius 3 is 2.64 bits per heavy atom. The monoisotopic (exact) mass is 392 g/mol. The van der Waals surface area contributed by atoms with Crippen molar-refractivity contribution in [1.29, 1.82) is 0 Å². The van der Waals surface area contributed by atoms with Crippen molar-refractivity contribution in [3.63, 3.8) is 0 Å². The van der Waals surface area contributed by atoms with E-state index in [2.05, 4.69) is 33.1 Å². The van der Waals surface area contributed by atoms with Crippen LogP contribution in [0.5, 0.6) is 0 Å². The third-order valence-corrected chi connectivity index (χ3v) is 5.32. The number of nitro benzene ring substituents is 1. The molecule has 1 atom stereocenters. The van der Waals surface area contributed by atoms with Gasteiger partial charge >= 0.3 is 0 Å². The largest absolute Gasteiger partial charge is 0.348 e. The summed E-state index contributed by atoms with van der Waals surface area (Å²) < 4.78 is 2.21. The number of hydrogen-bond acceptors (Lipinski definition) is 3. The van der Waals surface area contributed by atoms with Crippen LogP contribution in [-0.2, 0) is 6.54 Å². The van der Waals surface area contributed by atoms with Crippen molar-refractivity contribution in [2.24, 2.45) is 0 Å². The van der Waals surface area contributed by atoms with E-state index >= 15 is 0 Å². The molecule has 2 aromatic carbocycles. The molecule has 3 aromatic rings. The number of nitrogens with zero attached hydrogens (tertiary/aromatic N) is 3. The van der Waals surface area contributed by atoms with Gasteiger partial charge in [-0.2, -0.15) is 0 Å². The maximum Gasteiger partial charge on any atom is 0.269 e. The molecule has 1 N–H and O–H groups in total. The first-order valence-electron chi connectivity index (χ1n) is 9.06. The molecule has 1 unspecified atom stereocenters. The van der Waals surface area contributed by atoms with E-state index in [4.69, 9.17) is 12.2 Å². The zero-order chi connectivity index (χ0) is 19.7. The number of rotatable bonds is 3. The normalized spacial score (nSPS) is 15.8. The van der Waals surface area contributed by atoms with Crippen molar-refractivity contribution in [2.75, 3.05) is 11.9 Å². The number of anilines is 1. The molecule has 1 aromatic heterocycles. The smallest absolute Gasteiger partial charge is 0.269 e. The molecule has 2 heterocycles. The Hall–Kier alpha value is -3.19. The number of benzene rings is 2. The lowest BCUT2D eigenvalue weighted by Gasteiger charge is -2.39. The lowest BCUT2D eigenvalue weighted by atomic mass is 10.00. The van der Waals surface area contributed by atoms with Crippen LogP contribution in [0.3, 0.4) is 0 Å². The predicted molar refractivity (Wildman–Crippen MR) is 113 cm³/mol. The number of thiocarbonyl (C=S) groups is 1. The summed E-state index contributed by atoms with van der Waals surface area (Å²) in [4.78, 5) is 12.8. The number of nitro groups is 1. The van der Waals surface area contributed by atoms with Gasteiger partial charge in [-0.05, 0) is 66.7 Å². The van der Waals surface area contributed by atoms with Gasteiger partial charge in [0.05, 0.1) is 11.0 Å². The van der Waals surface area contributed by atoms with Gasteiger partial charge in [-0.3, -0.25) is 10.1 Å². The molecular weight excluding hydrogens is 372 g/mol. The van der Waals surface area contributed by atoms with Crippen LogP contribution in [0.25, 0.3) is 0 Å². The molecule has 0 spiro atoms. The molecule has 0 saturated carbocycles. The highest BCUT2D eigenvalue weighted by Gasteiger charge is 2.30. The minimum absolute atomic E-state index is 0.0851. The first kappa shape index (κ1) is 18.2. The molecule has 0 fully saturated rings.